The molecule has 2 fully saturated rings. The summed E-state index contributed by atoms with van der Waals surface area (Å²) in [6.07, 6.45) is 2.78. The molecule has 9 heteroatoms. The van der Waals surface area contributed by atoms with Crippen LogP contribution in [0.1, 0.15) is 12.8 Å². The molecule has 0 spiro atoms. The van der Waals surface area contributed by atoms with E-state index < -0.39 is 18.0 Å². The van der Waals surface area contributed by atoms with Gasteiger partial charge in [-0.15, -0.1) is 0 Å². The van der Waals surface area contributed by atoms with Crippen LogP contribution in [0.3, 0.4) is 0 Å². The average molecular weight is 300 g/mol. The lowest BCUT2D eigenvalue weighted by Crippen LogP contribution is -2.62. The molecule has 2 aliphatic rings. The number of fused-ring (bicyclic) bond motifs is 2. The Morgan fingerprint density at radius 2 is 1.76 bits per heavy atom. The first-order valence-corrected chi connectivity index (χ1v) is 6.13. The molecule has 2 saturated heterocycles. The lowest BCUT2D eigenvalue weighted by atomic mass is 10.1. The molecule has 0 aliphatic carbocycles. The molecule has 0 aromatic rings. The van der Waals surface area contributed by atoms with E-state index in [0.717, 1.165) is 12.8 Å². The predicted octanol–water partition coefficient (Wildman–Crippen LogP) is -1.51. The van der Waals surface area contributed by atoms with Crippen molar-refractivity contribution >= 4 is 23.8 Å². The van der Waals surface area contributed by atoms with Gasteiger partial charge in [0.1, 0.15) is 6.04 Å². The van der Waals surface area contributed by atoms with E-state index in [1.807, 2.05) is 0 Å². The number of nitrogens with one attached hydrogen (secondary N) is 2. The van der Waals surface area contributed by atoms with Crippen molar-refractivity contribution < 1.29 is 34.1 Å². The van der Waals surface area contributed by atoms with Crippen LogP contribution >= 0.6 is 0 Å². The van der Waals surface area contributed by atoms with Gasteiger partial charge in [0.25, 0.3) is 0 Å². The minimum Gasteiger partial charge on any atom is -0.478 e. The fourth-order valence-electron chi connectivity index (χ4n) is 2.09. The van der Waals surface area contributed by atoms with E-state index in [0.29, 0.717) is 12.2 Å². The maximum absolute atomic E-state index is 11.3. The molecule has 9 nitrogen and oxygen atoms in total. The molecular formula is C12H16N2O7. The highest BCUT2D eigenvalue weighted by molar-refractivity contribution is 5.90. The molecule has 3 unspecified atom stereocenters. The maximum Gasteiger partial charge on any atom is 0.330 e. The second kappa shape index (κ2) is 7.39. The van der Waals surface area contributed by atoms with Gasteiger partial charge in [0.05, 0.1) is 13.2 Å². The van der Waals surface area contributed by atoms with Crippen molar-refractivity contribution in [1.29, 1.82) is 0 Å². The predicted molar refractivity (Wildman–Crippen MR) is 68.3 cm³/mol. The van der Waals surface area contributed by atoms with Crippen molar-refractivity contribution in [1.82, 2.24) is 10.6 Å². The first-order chi connectivity index (χ1) is 9.85. The number of carbonyl (C=O) groups excluding carboxylic acids is 2. The number of methoxy groups -OCH3 is 1. The second-order valence-corrected chi connectivity index (χ2v) is 4.42. The van der Waals surface area contributed by atoms with Crippen LogP contribution in [0.15, 0.2) is 12.2 Å². The molecule has 3 atom stereocenters. The van der Waals surface area contributed by atoms with Crippen molar-refractivity contribution in [3.63, 3.8) is 0 Å². The largest absolute Gasteiger partial charge is 0.478 e. The SMILES string of the molecule is COC(=O)C1NC(=O)C2CCC1N2.O=C(O)/C=C/C(=O)O. The van der Waals surface area contributed by atoms with Crippen LogP contribution in [0.25, 0.3) is 0 Å². The number of hydrogen-bond donors (Lipinski definition) is 4. The minimum absolute atomic E-state index is 0.0511. The Hall–Kier alpha value is -2.42. The van der Waals surface area contributed by atoms with Crippen molar-refractivity contribution in [2.45, 2.75) is 31.0 Å². The quantitative estimate of drug-likeness (QED) is 0.364. The standard InChI is InChI=1S/C8H12N2O3.C4H4O4/c1-13-8(12)6-4-2-3-5(9-4)7(11)10-6;5-3(6)1-2-4(7)8/h4-6,9H,2-3H2,1H3,(H,10,11);1-2H,(H,5,6)(H,7,8)/b;2-1+. The van der Waals surface area contributed by atoms with Crippen molar-refractivity contribution in [3.8, 4) is 0 Å². The Kier molecular flexibility index (Phi) is 5.85. The zero-order valence-electron chi connectivity index (χ0n) is 11.2. The Labute approximate surface area is 120 Å². The van der Waals surface area contributed by atoms with Crippen molar-refractivity contribution in [2.24, 2.45) is 0 Å². The Balaban J connectivity index is 0.000000240. The Morgan fingerprint density at radius 1 is 1.19 bits per heavy atom. The number of carbonyl (C=O) groups is 4. The summed E-state index contributed by atoms with van der Waals surface area (Å²) in [5, 5.41) is 21.4. The Morgan fingerprint density at radius 3 is 2.24 bits per heavy atom. The summed E-state index contributed by atoms with van der Waals surface area (Å²) in [7, 11) is 1.33. The summed E-state index contributed by atoms with van der Waals surface area (Å²) in [5.74, 6) is -2.98. The zero-order valence-corrected chi connectivity index (χ0v) is 11.2. The van der Waals surface area contributed by atoms with Crippen molar-refractivity contribution in [2.75, 3.05) is 7.11 Å². The Bertz CT molecular complexity index is 458. The number of aliphatic carboxylic acids is 2. The number of carboxylic acid groups (broad SMARTS) is 2. The monoisotopic (exact) mass is 300 g/mol. The highest BCUT2D eigenvalue weighted by atomic mass is 16.5. The molecule has 0 radical (unpaired) electrons. The van der Waals surface area contributed by atoms with Gasteiger partial charge in [0, 0.05) is 18.2 Å². The van der Waals surface area contributed by atoms with Gasteiger partial charge >= 0.3 is 17.9 Å². The topological polar surface area (TPSA) is 142 Å². The summed E-state index contributed by atoms with van der Waals surface area (Å²) in [5.41, 5.74) is 0. The number of hydrogen-bond acceptors (Lipinski definition) is 6. The van der Waals surface area contributed by atoms with Crippen LogP contribution in [0.5, 0.6) is 0 Å². The van der Waals surface area contributed by atoms with Crippen LogP contribution in [0.2, 0.25) is 0 Å². The number of piperazine rings is 1. The van der Waals surface area contributed by atoms with E-state index in [4.69, 9.17) is 10.2 Å². The van der Waals surface area contributed by atoms with Gasteiger partial charge in [-0.2, -0.15) is 0 Å². The number of amides is 1. The van der Waals surface area contributed by atoms with E-state index in [1.54, 1.807) is 0 Å². The van der Waals surface area contributed by atoms with Crippen LogP contribution in [0.4, 0.5) is 0 Å². The first-order valence-electron chi connectivity index (χ1n) is 6.13. The van der Waals surface area contributed by atoms with E-state index in [9.17, 15) is 19.2 Å². The molecule has 116 valence electrons. The van der Waals surface area contributed by atoms with Crippen LogP contribution in [-0.2, 0) is 23.9 Å². The van der Waals surface area contributed by atoms with Gasteiger partial charge in [-0.1, -0.05) is 0 Å². The van der Waals surface area contributed by atoms with Gasteiger partial charge in [0.2, 0.25) is 5.91 Å². The van der Waals surface area contributed by atoms with Crippen molar-refractivity contribution in [3.05, 3.63) is 12.2 Å². The smallest absolute Gasteiger partial charge is 0.330 e. The maximum atomic E-state index is 11.3. The summed E-state index contributed by atoms with van der Waals surface area (Å²) in [6.45, 7) is 0. The molecule has 0 saturated carbocycles. The van der Waals surface area contributed by atoms with Gasteiger partial charge in [0.15, 0.2) is 0 Å². The molecular weight excluding hydrogens is 284 g/mol. The molecule has 2 heterocycles. The fraction of sp³-hybridized carbons (Fsp3) is 0.500. The zero-order chi connectivity index (χ0) is 16.0. The normalized spacial score (nSPS) is 26.5. The third-order valence-electron chi connectivity index (χ3n) is 3.02. The fourth-order valence-corrected chi connectivity index (χ4v) is 2.09. The summed E-state index contributed by atoms with van der Waals surface area (Å²) >= 11 is 0. The van der Waals surface area contributed by atoms with Gasteiger partial charge in [-0.3, -0.25) is 4.79 Å². The van der Waals surface area contributed by atoms with Gasteiger partial charge in [-0.05, 0) is 12.8 Å². The summed E-state index contributed by atoms with van der Waals surface area (Å²) in [6, 6.07) is -0.558. The van der Waals surface area contributed by atoms with Gasteiger partial charge < -0.3 is 25.6 Å². The molecule has 2 rings (SSSR count). The molecule has 4 N–H and O–H groups in total. The van der Waals surface area contributed by atoms with E-state index in [-0.39, 0.29) is 24.0 Å². The third-order valence-corrected chi connectivity index (χ3v) is 3.02. The number of ether oxygens (including phenoxy) is 1. The minimum atomic E-state index is -1.26. The van der Waals surface area contributed by atoms with Crippen LogP contribution in [-0.4, -0.2) is 59.3 Å². The molecule has 1 amide bonds. The molecule has 21 heavy (non-hydrogen) atoms. The highest BCUT2D eigenvalue weighted by Crippen LogP contribution is 2.20. The summed E-state index contributed by atoms with van der Waals surface area (Å²) in [4.78, 5) is 41.6. The molecule has 0 aromatic carbocycles. The van der Waals surface area contributed by atoms with Gasteiger partial charge in [-0.25, -0.2) is 14.4 Å². The number of esters is 1. The number of carboxylic acids is 2. The van der Waals surface area contributed by atoms with Crippen LogP contribution < -0.4 is 10.6 Å². The average Bonchev–Trinajstić information content (AvgIpc) is 2.86. The first kappa shape index (κ1) is 16.6. The third kappa shape index (κ3) is 4.88. The molecule has 0 aromatic heterocycles. The molecule has 2 bridgehead atoms. The van der Waals surface area contributed by atoms with E-state index in [1.165, 1.54) is 7.11 Å². The lowest BCUT2D eigenvalue weighted by Gasteiger charge is -2.28. The summed E-state index contributed by atoms with van der Waals surface area (Å²) < 4.78 is 4.59. The lowest BCUT2D eigenvalue weighted by molar-refractivity contribution is -0.147. The number of rotatable bonds is 3. The van der Waals surface area contributed by atoms with Crippen LogP contribution in [0, 0.1) is 0 Å². The molecule has 2 aliphatic heterocycles. The van der Waals surface area contributed by atoms with E-state index in [2.05, 4.69) is 15.4 Å². The van der Waals surface area contributed by atoms with E-state index >= 15 is 0 Å². The highest BCUT2D eigenvalue weighted by Gasteiger charge is 2.43. The second-order valence-electron chi connectivity index (χ2n) is 4.42.